The van der Waals surface area contributed by atoms with Gasteiger partial charge in [-0.05, 0) is 5.56 Å². The van der Waals surface area contributed by atoms with Gasteiger partial charge in [0.05, 0.1) is 19.2 Å². The SMILES string of the molecule is CN(C)C(=O)CNC(CO)c1ccccc1. The Balaban J connectivity index is 2.54. The van der Waals surface area contributed by atoms with Crippen LogP contribution in [0.3, 0.4) is 0 Å². The molecule has 0 aliphatic rings. The zero-order valence-electron chi connectivity index (χ0n) is 9.68. The van der Waals surface area contributed by atoms with E-state index in [1.165, 1.54) is 4.90 Å². The van der Waals surface area contributed by atoms with Crippen molar-refractivity contribution in [1.29, 1.82) is 0 Å². The molecule has 0 saturated carbocycles. The summed E-state index contributed by atoms with van der Waals surface area (Å²) >= 11 is 0. The zero-order valence-corrected chi connectivity index (χ0v) is 9.68. The molecule has 1 rings (SSSR count). The van der Waals surface area contributed by atoms with Crippen LogP contribution in [0.2, 0.25) is 0 Å². The Bertz CT molecular complexity index is 325. The molecule has 1 atom stereocenters. The molecule has 1 amide bonds. The average Bonchev–Trinajstić information content (AvgIpc) is 2.30. The van der Waals surface area contributed by atoms with Crippen LogP contribution in [0, 0.1) is 0 Å². The minimum Gasteiger partial charge on any atom is -0.394 e. The molecular formula is C12H18N2O2. The van der Waals surface area contributed by atoms with Crippen molar-refractivity contribution in [2.45, 2.75) is 6.04 Å². The molecule has 0 aliphatic carbocycles. The summed E-state index contributed by atoms with van der Waals surface area (Å²) in [6, 6.07) is 9.40. The minimum absolute atomic E-state index is 0.00520. The second-order valence-corrected chi connectivity index (χ2v) is 3.81. The van der Waals surface area contributed by atoms with E-state index in [0.717, 1.165) is 5.56 Å². The van der Waals surface area contributed by atoms with E-state index in [1.807, 2.05) is 30.3 Å². The normalized spacial score (nSPS) is 12.2. The van der Waals surface area contributed by atoms with Crippen LogP contribution in [0.1, 0.15) is 11.6 Å². The van der Waals surface area contributed by atoms with E-state index in [1.54, 1.807) is 14.1 Å². The molecule has 1 unspecified atom stereocenters. The van der Waals surface area contributed by atoms with Gasteiger partial charge in [0, 0.05) is 14.1 Å². The summed E-state index contributed by atoms with van der Waals surface area (Å²) in [5, 5.41) is 12.3. The molecule has 1 aromatic rings. The molecule has 0 radical (unpaired) electrons. The number of nitrogens with one attached hydrogen (secondary N) is 1. The second kappa shape index (κ2) is 6.25. The van der Waals surface area contributed by atoms with Gasteiger partial charge < -0.3 is 10.0 Å². The highest BCUT2D eigenvalue weighted by Gasteiger charge is 2.11. The molecule has 0 fully saturated rings. The maximum Gasteiger partial charge on any atom is 0.236 e. The lowest BCUT2D eigenvalue weighted by molar-refractivity contribution is -0.127. The number of hydrogen-bond donors (Lipinski definition) is 2. The minimum atomic E-state index is -0.190. The highest BCUT2D eigenvalue weighted by atomic mass is 16.3. The largest absolute Gasteiger partial charge is 0.394 e. The van der Waals surface area contributed by atoms with Crippen LogP contribution in [0.5, 0.6) is 0 Å². The summed E-state index contributed by atoms with van der Waals surface area (Å²) in [6.07, 6.45) is 0. The standard InChI is InChI=1S/C12H18N2O2/c1-14(2)12(16)8-13-11(9-15)10-6-4-3-5-7-10/h3-7,11,13,15H,8-9H2,1-2H3. The third-order valence-corrected chi connectivity index (χ3v) is 2.38. The van der Waals surface area contributed by atoms with Gasteiger partial charge in [-0.25, -0.2) is 0 Å². The number of rotatable bonds is 5. The van der Waals surface area contributed by atoms with Crippen LogP contribution in [-0.4, -0.2) is 43.2 Å². The lowest BCUT2D eigenvalue weighted by Gasteiger charge is -2.18. The summed E-state index contributed by atoms with van der Waals surface area (Å²) in [6.45, 7) is 0.206. The Morgan fingerprint density at radius 2 is 2.00 bits per heavy atom. The van der Waals surface area contributed by atoms with Gasteiger partial charge >= 0.3 is 0 Å². The van der Waals surface area contributed by atoms with E-state index in [0.29, 0.717) is 0 Å². The fourth-order valence-corrected chi connectivity index (χ4v) is 1.34. The van der Waals surface area contributed by atoms with Crippen molar-refractivity contribution in [3.05, 3.63) is 35.9 Å². The number of amides is 1. The number of benzene rings is 1. The molecule has 1 aromatic carbocycles. The van der Waals surface area contributed by atoms with Crippen molar-refractivity contribution in [2.24, 2.45) is 0 Å². The molecule has 0 spiro atoms. The number of carbonyl (C=O) groups excluding carboxylic acids is 1. The van der Waals surface area contributed by atoms with E-state index in [-0.39, 0.29) is 25.1 Å². The van der Waals surface area contributed by atoms with Gasteiger partial charge in [0.25, 0.3) is 0 Å². The highest BCUT2D eigenvalue weighted by molar-refractivity contribution is 5.77. The third-order valence-electron chi connectivity index (χ3n) is 2.38. The van der Waals surface area contributed by atoms with Crippen molar-refractivity contribution < 1.29 is 9.90 Å². The van der Waals surface area contributed by atoms with Crippen molar-refractivity contribution in [3.63, 3.8) is 0 Å². The lowest BCUT2D eigenvalue weighted by Crippen LogP contribution is -2.36. The zero-order chi connectivity index (χ0) is 12.0. The number of aliphatic hydroxyl groups excluding tert-OH is 1. The van der Waals surface area contributed by atoms with Crippen molar-refractivity contribution in [2.75, 3.05) is 27.2 Å². The van der Waals surface area contributed by atoms with Crippen molar-refractivity contribution in [3.8, 4) is 0 Å². The summed E-state index contributed by atoms with van der Waals surface area (Å²) in [7, 11) is 3.42. The van der Waals surface area contributed by atoms with E-state index >= 15 is 0 Å². The Labute approximate surface area is 95.9 Å². The van der Waals surface area contributed by atoms with Crippen LogP contribution >= 0.6 is 0 Å². The predicted octanol–water partition coefficient (Wildman–Crippen LogP) is 0.398. The maximum atomic E-state index is 11.4. The summed E-state index contributed by atoms with van der Waals surface area (Å²) < 4.78 is 0. The first-order valence-electron chi connectivity index (χ1n) is 5.24. The monoisotopic (exact) mass is 222 g/mol. The second-order valence-electron chi connectivity index (χ2n) is 3.81. The van der Waals surface area contributed by atoms with Gasteiger partial charge in [0.2, 0.25) is 5.91 Å². The predicted molar refractivity (Wildman–Crippen MR) is 63.0 cm³/mol. The first-order valence-corrected chi connectivity index (χ1v) is 5.24. The highest BCUT2D eigenvalue weighted by Crippen LogP contribution is 2.10. The van der Waals surface area contributed by atoms with Crippen LogP contribution < -0.4 is 5.32 Å². The molecule has 2 N–H and O–H groups in total. The molecule has 0 aromatic heterocycles. The molecule has 16 heavy (non-hydrogen) atoms. The number of nitrogens with zero attached hydrogens (tertiary/aromatic N) is 1. The van der Waals surface area contributed by atoms with Gasteiger partial charge in [0.1, 0.15) is 0 Å². The average molecular weight is 222 g/mol. The Morgan fingerprint density at radius 1 is 1.38 bits per heavy atom. The number of likely N-dealkylation sites (N-methyl/N-ethyl adjacent to an activating group) is 1. The fraction of sp³-hybridized carbons (Fsp3) is 0.417. The molecular weight excluding hydrogens is 204 g/mol. The van der Waals surface area contributed by atoms with Gasteiger partial charge in [-0.15, -0.1) is 0 Å². The topological polar surface area (TPSA) is 52.6 Å². The maximum absolute atomic E-state index is 11.4. The van der Waals surface area contributed by atoms with E-state index < -0.39 is 0 Å². The van der Waals surface area contributed by atoms with Gasteiger partial charge in [0.15, 0.2) is 0 Å². The lowest BCUT2D eigenvalue weighted by atomic mass is 10.1. The fourth-order valence-electron chi connectivity index (χ4n) is 1.34. The number of aliphatic hydroxyl groups is 1. The van der Waals surface area contributed by atoms with E-state index in [9.17, 15) is 9.90 Å². The Kier molecular flexibility index (Phi) is 4.95. The first kappa shape index (κ1) is 12.7. The van der Waals surface area contributed by atoms with Crippen molar-refractivity contribution in [1.82, 2.24) is 10.2 Å². The van der Waals surface area contributed by atoms with Crippen LogP contribution in [0.15, 0.2) is 30.3 Å². The quantitative estimate of drug-likeness (QED) is 0.758. The molecule has 0 saturated heterocycles. The summed E-state index contributed by atoms with van der Waals surface area (Å²) in [5.41, 5.74) is 0.983. The van der Waals surface area contributed by atoms with Crippen LogP contribution in [0.25, 0.3) is 0 Å². The molecule has 0 heterocycles. The molecule has 0 aliphatic heterocycles. The smallest absolute Gasteiger partial charge is 0.236 e. The van der Waals surface area contributed by atoms with E-state index in [2.05, 4.69) is 5.32 Å². The summed E-state index contributed by atoms with van der Waals surface area (Å²) in [4.78, 5) is 12.9. The van der Waals surface area contributed by atoms with Gasteiger partial charge in [-0.2, -0.15) is 0 Å². The van der Waals surface area contributed by atoms with E-state index in [4.69, 9.17) is 0 Å². The molecule has 88 valence electrons. The van der Waals surface area contributed by atoms with Crippen LogP contribution in [-0.2, 0) is 4.79 Å². The number of hydrogen-bond acceptors (Lipinski definition) is 3. The van der Waals surface area contributed by atoms with Crippen molar-refractivity contribution >= 4 is 5.91 Å². The Morgan fingerprint density at radius 3 is 2.50 bits per heavy atom. The molecule has 4 heteroatoms. The van der Waals surface area contributed by atoms with Gasteiger partial charge in [-0.1, -0.05) is 30.3 Å². The Hall–Kier alpha value is -1.39. The van der Waals surface area contributed by atoms with Crippen LogP contribution in [0.4, 0.5) is 0 Å². The molecule has 4 nitrogen and oxygen atoms in total. The third kappa shape index (κ3) is 3.64. The first-order chi connectivity index (χ1) is 7.65. The number of carbonyl (C=O) groups is 1. The van der Waals surface area contributed by atoms with Gasteiger partial charge in [-0.3, -0.25) is 10.1 Å². The molecule has 0 bridgehead atoms. The summed E-state index contributed by atoms with van der Waals surface area (Å²) in [5.74, 6) is -0.00520.